The third-order valence-corrected chi connectivity index (χ3v) is 8.46. The van der Waals surface area contributed by atoms with Crippen LogP contribution in [-0.4, -0.2) is 70.9 Å². The highest BCUT2D eigenvalue weighted by atomic mass is 16.5. The van der Waals surface area contributed by atoms with Crippen LogP contribution >= 0.6 is 0 Å². The van der Waals surface area contributed by atoms with Crippen molar-refractivity contribution in [2.24, 2.45) is 0 Å². The second kappa shape index (κ2) is 9.26. The Bertz CT molecular complexity index is 1540. The molecule has 3 fully saturated rings. The number of fused-ring (bicyclic) bond motifs is 3. The number of Topliss-reactive ketones (excluding diaryl/α,β-unsaturated/α-hetero) is 1. The van der Waals surface area contributed by atoms with Crippen molar-refractivity contribution < 1.29 is 14.3 Å². The van der Waals surface area contributed by atoms with E-state index in [0.29, 0.717) is 35.2 Å². The number of nitrogens with one attached hydrogen (secondary N) is 1. The first-order valence-corrected chi connectivity index (χ1v) is 13.6. The molecule has 1 amide bonds. The fraction of sp³-hybridized carbons (Fsp3) is 0.429. The largest absolute Gasteiger partial charge is 0.383 e. The highest BCUT2D eigenvalue weighted by Crippen LogP contribution is 2.45. The summed E-state index contributed by atoms with van der Waals surface area (Å²) in [6, 6.07) is 4.08. The summed E-state index contributed by atoms with van der Waals surface area (Å²) in [5.41, 5.74) is 10.6. The van der Waals surface area contributed by atoms with Gasteiger partial charge in [-0.25, -0.2) is 9.97 Å². The number of aromatic amines is 1. The fourth-order valence-corrected chi connectivity index (χ4v) is 6.69. The third kappa shape index (κ3) is 3.91. The summed E-state index contributed by atoms with van der Waals surface area (Å²) in [5.74, 6) is 0.986. The molecule has 3 N–H and O–H groups in total. The van der Waals surface area contributed by atoms with Gasteiger partial charge in [0.2, 0.25) is 0 Å². The molecule has 3 aliphatic rings. The number of nitrogen functional groups attached to an aromatic ring is 1. The molecule has 200 valence electrons. The van der Waals surface area contributed by atoms with E-state index in [4.69, 9.17) is 15.5 Å². The number of imidazole rings is 1. The van der Waals surface area contributed by atoms with Crippen molar-refractivity contribution in [1.82, 2.24) is 34.4 Å². The Kier molecular flexibility index (Phi) is 5.69. The molecule has 3 aliphatic heterocycles. The lowest BCUT2D eigenvalue weighted by atomic mass is 9.85. The molecule has 7 rings (SSSR count). The second-order valence-electron chi connectivity index (χ2n) is 10.8. The van der Waals surface area contributed by atoms with Gasteiger partial charge in [-0.3, -0.25) is 14.6 Å². The van der Waals surface area contributed by atoms with E-state index in [-0.39, 0.29) is 35.8 Å². The zero-order valence-corrected chi connectivity index (χ0v) is 21.7. The average molecular weight is 527 g/mol. The van der Waals surface area contributed by atoms with Crippen LogP contribution in [0.4, 0.5) is 5.82 Å². The monoisotopic (exact) mass is 526 g/mol. The maximum Gasteiger partial charge on any atom is 0.252 e. The van der Waals surface area contributed by atoms with Crippen LogP contribution in [0.1, 0.15) is 67.4 Å². The van der Waals surface area contributed by atoms with Gasteiger partial charge in [0.1, 0.15) is 17.6 Å². The molecule has 39 heavy (non-hydrogen) atoms. The number of H-pyrrole nitrogens is 1. The van der Waals surface area contributed by atoms with Crippen molar-refractivity contribution in [3.05, 3.63) is 48.2 Å². The fourth-order valence-electron chi connectivity index (χ4n) is 6.69. The van der Waals surface area contributed by atoms with Crippen molar-refractivity contribution in [3.8, 4) is 22.6 Å². The molecule has 0 aliphatic carbocycles. The molecule has 0 saturated carbocycles. The van der Waals surface area contributed by atoms with Gasteiger partial charge in [-0.05, 0) is 51.5 Å². The minimum absolute atomic E-state index is 0.0180. The summed E-state index contributed by atoms with van der Waals surface area (Å²) >= 11 is 0. The van der Waals surface area contributed by atoms with Gasteiger partial charge in [-0.2, -0.15) is 9.61 Å². The lowest BCUT2D eigenvalue weighted by molar-refractivity contribution is -0.145. The van der Waals surface area contributed by atoms with E-state index in [2.05, 4.69) is 25.0 Å². The number of hydrogen-bond donors (Lipinski definition) is 2. The molecule has 11 heteroatoms. The Morgan fingerprint density at radius 1 is 1.10 bits per heavy atom. The van der Waals surface area contributed by atoms with Gasteiger partial charge in [-0.15, -0.1) is 0 Å². The number of carbonyl (C=O) groups excluding carboxylic acids is 2. The Morgan fingerprint density at radius 2 is 1.92 bits per heavy atom. The van der Waals surface area contributed by atoms with Crippen LogP contribution in [0.15, 0.2) is 36.9 Å². The summed E-state index contributed by atoms with van der Waals surface area (Å²) in [6.45, 7) is 2.18. The molecule has 11 nitrogen and oxygen atoms in total. The number of ketones is 1. The Morgan fingerprint density at radius 3 is 2.56 bits per heavy atom. The Balaban J connectivity index is 1.25. The Hall–Kier alpha value is -4.12. The molecule has 2 bridgehead atoms. The van der Waals surface area contributed by atoms with Gasteiger partial charge in [0.05, 0.1) is 17.5 Å². The summed E-state index contributed by atoms with van der Waals surface area (Å²) < 4.78 is 7.25. The van der Waals surface area contributed by atoms with Gasteiger partial charge >= 0.3 is 0 Å². The van der Waals surface area contributed by atoms with Gasteiger partial charge in [-0.1, -0.05) is 6.07 Å². The number of ether oxygens (including phenoxy) is 1. The lowest BCUT2D eigenvalue weighted by Gasteiger charge is -2.40. The predicted octanol–water partition coefficient (Wildman–Crippen LogP) is 3.38. The summed E-state index contributed by atoms with van der Waals surface area (Å²) in [6.07, 6.45) is 11.7. The summed E-state index contributed by atoms with van der Waals surface area (Å²) in [7, 11) is 0. The minimum atomic E-state index is -0.315. The quantitative estimate of drug-likeness (QED) is 0.377. The van der Waals surface area contributed by atoms with Gasteiger partial charge < -0.3 is 20.4 Å². The van der Waals surface area contributed by atoms with Crippen LogP contribution in [0.2, 0.25) is 0 Å². The van der Waals surface area contributed by atoms with E-state index in [0.717, 1.165) is 55.3 Å². The molecule has 4 atom stereocenters. The minimum Gasteiger partial charge on any atom is -0.383 e. The van der Waals surface area contributed by atoms with E-state index in [1.54, 1.807) is 29.3 Å². The van der Waals surface area contributed by atoms with Gasteiger partial charge in [0, 0.05) is 54.3 Å². The zero-order chi connectivity index (χ0) is 26.7. The maximum atomic E-state index is 13.3. The van der Waals surface area contributed by atoms with Crippen LogP contribution in [0.3, 0.4) is 0 Å². The number of nitrogens with two attached hydrogens (primary N) is 1. The summed E-state index contributed by atoms with van der Waals surface area (Å²) in [4.78, 5) is 45.1. The first kappa shape index (κ1) is 24.0. The number of hydrogen-bond acceptors (Lipinski definition) is 8. The molecular formula is C28H30N8O3. The zero-order valence-electron chi connectivity index (χ0n) is 21.7. The van der Waals surface area contributed by atoms with E-state index >= 15 is 0 Å². The molecule has 4 aromatic rings. The lowest BCUT2D eigenvalue weighted by Crippen LogP contribution is -2.50. The number of pyridine rings is 1. The van der Waals surface area contributed by atoms with Gasteiger partial charge in [0.25, 0.3) is 5.91 Å². The third-order valence-electron chi connectivity index (χ3n) is 8.46. The molecule has 3 saturated heterocycles. The molecule has 4 aromatic heterocycles. The number of carbonyl (C=O) groups is 2. The standard InChI is InChI=1S/C28H30N8O3/c1-15(37)23-24(17-11-18-5-6-19(12-17)35(18)28(38)22-3-2-10-39-22)34-27-20(14-33-36(27)25(23)29)16-4-7-21(32-13-16)26-30-8-9-31-26/h4,7-9,13-14,17-19,22H,2-3,5-6,10-12,29H2,1H3,(H,30,31)/t17?,18-,19+,22?. The van der Waals surface area contributed by atoms with E-state index in [1.165, 1.54) is 6.92 Å². The number of aromatic nitrogens is 6. The SMILES string of the molecule is CC(=O)c1c(C2C[C@H]3CC[C@@H](C2)N3C(=O)C2CCCO2)nc2c(-c3ccc(-c4ncc[nH]4)nc3)cnn2c1N. The maximum absolute atomic E-state index is 13.3. The van der Waals surface area contributed by atoms with Crippen LogP contribution in [0.25, 0.3) is 28.3 Å². The highest BCUT2D eigenvalue weighted by molar-refractivity contribution is 6.00. The molecule has 2 unspecified atom stereocenters. The number of anilines is 1. The van der Waals surface area contributed by atoms with Crippen molar-refractivity contribution in [2.75, 3.05) is 12.3 Å². The molecule has 0 aromatic carbocycles. The molecule has 7 heterocycles. The van der Waals surface area contributed by atoms with Crippen molar-refractivity contribution >= 4 is 23.2 Å². The van der Waals surface area contributed by atoms with E-state index < -0.39 is 0 Å². The van der Waals surface area contributed by atoms with Crippen molar-refractivity contribution in [1.29, 1.82) is 0 Å². The highest BCUT2D eigenvalue weighted by Gasteiger charge is 2.47. The second-order valence-corrected chi connectivity index (χ2v) is 10.8. The van der Waals surface area contributed by atoms with Crippen molar-refractivity contribution in [2.45, 2.75) is 69.6 Å². The average Bonchev–Trinajstić information content (AvgIpc) is 3.75. The Labute approximate surface area is 224 Å². The number of rotatable bonds is 5. The van der Waals surface area contributed by atoms with Crippen LogP contribution in [-0.2, 0) is 9.53 Å². The molecular weight excluding hydrogens is 496 g/mol. The van der Waals surface area contributed by atoms with Crippen molar-refractivity contribution in [3.63, 3.8) is 0 Å². The van der Waals surface area contributed by atoms with E-state index in [9.17, 15) is 9.59 Å². The number of piperidine rings is 1. The molecule has 0 spiro atoms. The van der Waals surface area contributed by atoms with Crippen LogP contribution in [0.5, 0.6) is 0 Å². The summed E-state index contributed by atoms with van der Waals surface area (Å²) in [5, 5.41) is 4.48. The first-order chi connectivity index (χ1) is 19.0. The predicted molar refractivity (Wildman–Crippen MR) is 143 cm³/mol. The normalized spacial score (nSPS) is 24.5. The van der Waals surface area contributed by atoms with Gasteiger partial charge in [0.15, 0.2) is 17.3 Å². The van der Waals surface area contributed by atoms with E-state index in [1.807, 2.05) is 12.1 Å². The number of amides is 1. The number of nitrogens with zero attached hydrogens (tertiary/aromatic N) is 6. The first-order valence-electron chi connectivity index (χ1n) is 13.6. The topological polar surface area (TPSA) is 144 Å². The molecule has 0 radical (unpaired) electrons. The van der Waals surface area contributed by atoms with Crippen LogP contribution < -0.4 is 5.73 Å². The smallest absolute Gasteiger partial charge is 0.252 e. The van der Waals surface area contributed by atoms with Crippen LogP contribution in [0, 0.1) is 0 Å².